The van der Waals surface area contributed by atoms with Crippen LogP contribution in [-0.2, 0) is 4.74 Å². The molecular weight excluding hydrogens is 334 g/mol. The maximum absolute atomic E-state index is 12.0. The summed E-state index contributed by atoms with van der Waals surface area (Å²) in [6, 6.07) is 14.9. The van der Waals surface area contributed by atoms with Crippen molar-refractivity contribution in [3.8, 4) is 17.3 Å². The number of thioether (sulfide) groups is 1. The topological polar surface area (TPSA) is 74.5 Å². The molecule has 25 heavy (non-hydrogen) atoms. The van der Waals surface area contributed by atoms with Crippen LogP contribution in [0.5, 0.6) is 0 Å². The monoisotopic (exact) mass is 353 g/mol. The van der Waals surface area contributed by atoms with Crippen LogP contribution in [0.1, 0.15) is 24.2 Å². The summed E-state index contributed by atoms with van der Waals surface area (Å²) < 4.78 is 5.23. The van der Waals surface area contributed by atoms with Gasteiger partial charge in [0.15, 0.2) is 11.4 Å². The fraction of sp³-hybridized carbons (Fsp3) is 0.211. The maximum atomic E-state index is 12.0. The predicted octanol–water partition coefficient (Wildman–Crippen LogP) is 4.34. The van der Waals surface area contributed by atoms with E-state index in [0.717, 1.165) is 16.8 Å². The van der Waals surface area contributed by atoms with Crippen molar-refractivity contribution in [2.45, 2.75) is 20.0 Å². The molecule has 0 aromatic heterocycles. The summed E-state index contributed by atoms with van der Waals surface area (Å²) >= 11 is 1.36. The molecule has 2 aromatic rings. The Balaban J connectivity index is 2.23. The van der Waals surface area contributed by atoms with Gasteiger partial charge in [0.2, 0.25) is 0 Å². The van der Waals surface area contributed by atoms with Crippen LogP contribution in [0.3, 0.4) is 0 Å². The van der Waals surface area contributed by atoms with Gasteiger partial charge < -0.3 is 4.74 Å². The zero-order valence-electron chi connectivity index (χ0n) is 14.3. The van der Waals surface area contributed by atoms with Gasteiger partial charge in [0.05, 0.1) is 17.4 Å². The fourth-order valence-corrected chi connectivity index (χ4v) is 2.47. The van der Waals surface area contributed by atoms with Gasteiger partial charge >= 0.3 is 5.97 Å². The van der Waals surface area contributed by atoms with Gasteiger partial charge in [-0.2, -0.15) is 5.26 Å². The Hall–Kier alpha value is -2.78. The Kier molecular flexibility index (Phi) is 6.61. The van der Waals surface area contributed by atoms with E-state index < -0.39 is 0 Å². The Morgan fingerprint density at radius 1 is 1.20 bits per heavy atom. The van der Waals surface area contributed by atoms with Crippen molar-refractivity contribution in [2.24, 2.45) is 4.99 Å². The highest BCUT2D eigenvalue weighted by atomic mass is 32.2. The summed E-state index contributed by atoms with van der Waals surface area (Å²) in [7, 11) is 0. The van der Waals surface area contributed by atoms with Crippen molar-refractivity contribution in [3.05, 3.63) is 54.1 Å². The molecule has 0 aliphatic carbocycles. The molecule has 0 spiro atoms. The molecule has 0 heterocycles. The number of rotatable bonds is 4. The third kappa shape index (κ3) is 5.37. The molecule has 0 aliphatic rings. The maximum Gasteiger partial charge on any atom is 0.338 e. The second-order valence-electron chi connectivity index (χ2n) is 5.44. The highest BCUT2D eigenvalue weighted by Gasteiger charge is 2.10. The molecule has 1 N–H and O–H groups in total. The van der Waals surface area contributed by atoms with Crippen molar-refractivity contribution in [1.29, 1.82) is 5.26 Å². The van der Waals surface area contributed by atoms with E-state index >= 15 is 0 Å². The van der Waals surface area contributed by atoms with Gasteiger partial charge in [-0.25, -0.2) is 9.79 Å². The summed E-state index contributed by atoms with van der Waals surface area (Å²) in [6.07, 6.45) is 3.56. The van der Waals surface area contributed by atoms with Crippen molar-refractivity contribution in [3.63, 3.8) is 0 Å². The van der Waals surface area contributed by atoms with Crippen molar-refractivity contribution in [2.75, 3.05) is 6.26 Å². The number of nitrogens with one attached hydrogen (secondary N) is 1. The van der Waals surface area contributed by atoms with Crippen molar-refractivity contribution in [1.82, 2.24) is 5.32 Å². The number of carbonyl (C=O) groups excluding carboxylic acids is 1. The molecule has 0 saturated carbocycles. The number of benzene rings is 2. The first kappa shape index (κ1) is 18.6. The second kappa shape index (κ2) is 8.90. The molecule has 0 bridgehead atoms. The van der Waals surface area contributed by atoms with Crippen molar-refractivity contribution < 1.29 is 9.53 Å². The summed E-state index contributed by atoms with van der Waals surface area (Å²) in [5.41, 5.74) is 3.16. The van der Waals surface area contributed by atoms with Crippen LogP contribution >= 0.6 is 11.8 Å². The van der Waals surface area contributed by atoms with Gasteiger partial charge in [-0.15, -0.1) is 0 Å². The van der Waals surface area contributed by atoms with Crippen LogP contribution in [0, 0.1) is 11.5 Å². The Morgan fingerprint density at radius 2 is 1.92 bits per heavy atom. The average Bonchev–Trinajstić information content (AvgIpc) is 2.61. The van der Waals surface area contributed by atoms with E-state index in [1.54, 1.807) is 6.07 Å². The van der Waals surface area contributed by atoms with Crippen LogP contribution in [0.4, 0.5) is 5.69 Å². The number of ether oxygens (including phenoxy) is 1. The number of carbonyl (C=O) groups is 1. The SMILES string of the molecule is CSC(=Nc1ccc(-c2cccc(C(=O)OC(C)C)c2)cc1)NC#N. The molecule has 0 fully saturated rings. The normalized spacial score (nSPS) is 11.1. The van der Waals surface area contributed by atoms with Gasteiger partial charge in [0, 0.05) is 0 Å². The van der Waals surface area contributed by atoms with E-state index in [4.69, 9.17) is 10.00 Å². The Morgan fingerprint density at radius 3 is 2.52 bits per heavy atom. The fourth-order valence-electron chi connectivity index (χ4n) is 2.13. The van der Waals surface area contributed by atoms with Gasteiger partial charge in [-0.05, 0) is 55.5 Å². The molecule has 0 radical (unpaired) electrons. The van der Waals surface area contributed by atoms with E-state index in [-0.39, 0.29) is 12.1 Å². The average molecular weight is 353 g/mol. The molecular formula is C19H19N3O2S. The van der Waals surface area contributed by atoms with Crippen LogP contribution in [-0.4, -0.2) is 23.5 Å². The number of nitriles is 1. The smallest absolute Gasteiger partial charge is 0.338 e. The largest absolute Gasteiger partial charge is 0.459 e. The predicted molar refractivity (Wildman–Crippen MR) is 102 cm³/mol. The lowest BCUT2D eigenvalue weighted by Gasteiger charge is -2.09. The molecule has 2 aromatic carbocycles. The lowest BCUT2D eigenvalue weighted by molar-refractivity contribution is 0.0378. The van der Waals surface area contributed by atoms with Crippen molar-refractivity contribution >= 4 is 28.6 Å². The van der Waals surface area contributed by atoms with E-state index in [1.165, 1.54) is 11.8 Å². The Bertz CT molecular complexity index is 808. The first-order valence-corrected chi connectivity index (χ1v) is 8.95. The third-order valence-corrected chi connectivity index (χ3v) is 3.81. The molecule has 2 rings (SSSR count). The summed E-state index contributed by atoms with van der Waals surface area (Å²) in [5.74, 6) is -0.328. The molecule has 0 saturated heterocycles. The summed E-state index contributed by atoms with van der Waals surface area (Å²) in [5, 5.41) is 11.7. The van der Waals surface area contributed by atoms with Gasteiger partial charge in [-0.1, -0.05) is 36.0 Å². The Labute approximate surface area is 151 Å². The standard InChI is InChI=1S/C19H19N3O2S/c1-13(2)24-18(23)16-6-4-5-15(11-16)14-7-9-17(10-8-14)22-19(25-3)21-12-20/h4-11,13H,1-3H3,(H,21,22). The van der Waals surface area contributed by atoms with E-state index in [0.29, 0.717) is 10.7 Å². The highest BCUT2D eigenvalue weighted by Crippen LogP contribution is 2.24. The van der Waals surface area contributed by atoms with Gasteiger partial charge in [-0.3, -0.25) is 5.32 Å². The van der Waals surface area contributed by atoms with Crippen LogP contribution < -0.4 is 5.32 Å². The van der Waals surface area contributed by atoms with Gasteiger partial charge in [0.25, 0.3) is 0 Å². The van der Waals surface area contributed by atoms with E-state index in [2.05, 4.69) is 10.3 Å². The number of esters is 1. The van der Waals surface area contributed by atoms with Crippen LogP contribution in [0.15, 0.2) is 53.5 Å². The number of nitrogens with zero attached hydrogens (tertiary/aromatic N) is 2. The molecule has 5 nitrogen and oxygen atoms in total. The minimum Gasteiger partial charge on any atom is -0.459 e. The number of aliphatic imine (C=N–C) groups is 1. The molecule has 6 heteroatoms. The molecule has 128 valence electrons. The second-order valence-corrected chi connectivity index (χ2v) is 6.23. The zero-order valence-corrected chi connectivity index (χ0v) is 15.1. The quantitative estimate of drug-likeness (QED) is 0.291. The lowest BCUT2D eigenvalue weighted by atomic mass is 10.0. The molecule has 0 amide bonds. The van der Waals surface area contributed by atoms with Crippen LogP contribution in [0.25, 0.3) is 11.1 Å². The third-order valence-electron chi connectivity index (χ3n) is 3.23. The minimum atomic E-state index is -0.328. The molecule has 0 atom stereocenters. The lowest BCUT2D eigenvalue weighted by Crippen LogP contribution is -2.12. The van der Waals surface area contributed by atoms with E-state index in [9.17, 15) is 4.79 Å². The molecule has 0 aliphatic heterocycles. The number of amidine groups is 1. The summed E-state index contributed by atoms with van der Waals surface area (Å²) in [6.45, 7) is 3.65. The first-order chi connectivity index (χ1) is 12.0. The first-order valence-electron chi connectivity index (χ1n) is 7.72. The molecule has 0 unspecified atom stereocenters. The van der Waals surface area contributed by atoms with E-state index in [1.807, 2.05) is 68.8 Å². The van der Waals surface area contributed by atoms with Crippen LogP contribution in [0.2, 0.25) is 0 Å². The zero-order chi connectivity index (χ0) is 18.2. The minimum absolute atomic E-state index is 0.152. The van der Waals surface area contributed by atoms with Gasteiger partial charge in [0.1, 0.15) is 0 Å². The highest BCUT2D eigenvalue weighted by molar-refractivity contribution is 8.13. The number of hydrogen-bond acceptors (Lipinski definition) is 5. The number of hydrogen-bond donors (Lipinski definition) is 1. The summed E-state index contributed by atoms with van der Waals surface area (Å²) in [4.78, 5) is 16.4.